The second-order valence-corrected chi connectivity index (χ2v) is 7.70. The van der Waals surface area contributed by atoms with Gasteiger partial charge < -0.3 is 25.4 Å². The predicted octanol–water partition coefficient (Wildman–Crippen LogP) is 2.19. The molecular formula is C18H22N4O6S2. The Morgan fingerprint density at radius 3 is 2.27 bits per heavy atom. The van der Waals surface area contributed by atoms with Crippen LogP contribution in [0.3, 0.4) is 0 Å². The lowest BCUT2D eigenvalue weighted by atomic mass is 10.1. The predicted molar refractivity (Wildman–Crippen MR) is 114 cm³/mol. The highest BCUT2D eigenvalue weighted by Gasteiger charge is 2.27. The van der Waals surface area contributed by atoms with Crippen LogP contribution in [-0.2, 0) is 14.3 Å². The fourth-order valence-electron chi connectivity index (χ4n) is 2.53. The average molecular weight is 455 g/mol. The molecule has 0 unspecified atom stereocenters. The third kappa shape index (κ3) is 4.94. The van der Waals surface area contributed by atoms with Crippen LogP contribution in [0, 0.1) is 13.8 Å². The number of carbonyl (C=O) groups excluding carboxylic acids is 4. The Balaban J connectivity index is 2.17. The molecule has 162 valence electrons. The molecule has 0 aromatic carbocycles. The summed E-state index contributed by atoms with van der Waals surface area (Å²) in [6.07, 6.45) is 0. The van der Waals surface area contributed by atoms with Crippen LogP contribution in [0.25, 0.3) is 0 Å². The Bertz CT molecular complexity index is 982. The SMILES string of the molecule is CCOC(=O)c1c(NC(=O)COC(=O)c2c(C)nsc2NC)sc(C(=O)NC)c1C. The quantitative estimate of drug-likeness (QED) is 0.517. The van der Waals surface area contributed by atoms with Crippen LogP contribution in [-0.4, -0.2) is 55.4 Å². The second kappa shape index (κ2) is 10.2. The molecule has 0 aliphatic rings. The van der Waals surface area contributed by atoms with Crippen molar-refractivity contribution in [3.05, 3.63) is 27.3 Å². The molecule has 0 fully saturated rings. The minimum absolute atomic E-state index is 0.0930. The molecule has 30 heavy (non-hydrogen) atoms. The maximum Gasteiger partial charge on any atom is 0.343 e. The summed E-state index contributed by atoms with van der Waals surface area (Å²) in [5.74, 6) is -2.41. The zero-order valence-corrected chi connectivity index (χ0v) is 18.8. The van der Waals surface area contributed by atoms with Crippen LogP contribution < -0.4 is 16.0 Å². The number of anilines is 2. The molecule has 12 heteroatoms. The van der Waals surface area contributed by atoms with E-state index in [1.165, 1.54) is 7.05 Å². The van der Waals surface area contributed by atoms with Gasteiger partial charge >= 0.3 is 11.9 Å². The molecule has 2 amide bonds. The van der Waals surface area contributed by atoms with E-state index >= 15 is 0 Å². The van der Waals surface area contributed by atoms with Crippen LogP contribution >= 0.6 is 22.9 Å². The van der Waals surface area contributed by atoms with E-state index in [1.54, 1.807) is 27.8 Å². The van der Waals surface area contributed by atoms with E-state index in [0.717, 1.165) is 22.9 Å². The summed E-state index contributed by atoms with van der Waals surface area (Å²) in [5, 5.41) is 8.54. The van der Waals surface area contributed by atoms with Gasteiger partial charge in [-0.2, -0.15) is 4.37 Å². The Morgan fingerprint density at radius 1 is 1.00 bits per heavy atom. The molecule has 0 aliphatic heterocycles. The van der Waals surface area contributed by atoms with Crippen molar-refractivity contribution in [3.8, 4) is 0 Å². The highest BCUT2D eigenvalue weighted by molar-refractivity contribution is 7.18. The van der Waals surface area contributed by atoms with Crippen molar-refractivity contribution in [2.24, 2.45) is 0 Å². The maximum absolute atomic E-state index is 12.4. The van der Waals surface area contributed by atoms with E-state index in [-0.39, 0.29) is 27.6 Å². The Hall–Kier alpha value is -2.99. The second-order valence-electron chi connectivity index (χ2n) is 5.91. The molecule has 0 aliphatic carbocycles. The number of hydrogen-bond donors (Lipinski definition) is 3. The fraction of sp³-hybridized carbons (Fsp3) is 0.389. The summed E-state index contributed by atoms with van der Waals surface area (Å²) in [5.41, 5.74) is 1.24. The Kier molecular flexibility index (Phi) is 7.89. The monoisotopic (exact) mass is 454 g/mol. The molecule has 0 saturated carbocycles. The first-order chi connectivity index (χ1) is 14.2. The average Bonchev–Trinajstić information content (AvgIpc) is 3.25. The van der Waals surface area contributed by atoms with E-state index in [9.17, 15) is 19.2 Å². The van der Waals surface area contributed by atoms with Crippen LogP contribution in [0.5, 0.6) is 0 Å². The molecule has 0 saturated heterocycles. The zero-order chi connectivity index (χ0) is 22.4. The third-order valence-corrected chi connectivity index (χ3v) is 6.10. The van der Waals surface area contributed by atoms with Crippen molar-refractivity contribution in [2.45, 2.75) is 20.8 Å². The van der Waals surface area contributed by atoms with Crippen molar-refractivity contribution in [2.75, 3.05) is 37.9 Å². The standard InChI is InChI=1S/C18H22N4O6S2/c1-6-27-17(25)11-8(2)13(14(24)19-4)29-16(11)21-10(23)7-28-18(26)12-9(3)22-30-15(12)20-5/h20H,6-7H2,1-5H3,(H,19,24)(H,21,23). The van der Waals surface area contributed by atoms with Gasteiger partial charge in [-0.05, 0) is 37.9 Å². The van der Waals surface area contributed by atoms with Gasteiger partial charge in [0.25, 0.3) is 11.8 Å². The largest absolute Gasteiger partial charge is 0.462 e. The first kappa shape index (κ1) is 23.3. The van der Waals surface area contributed by atoms with Crippen molar-refractivity contribution in [3.63, 3.8) is 0 Å². The number of thiophene rings is 1. The summed E-state index contributed by atoms with van der Waals surface area (Å²) in [6.45, 7) is 4.46. The Labute approximate surface area is 181 Å². The van der Waals surface area contributed by atoms with Gasteiger partial charge in [0.15, 0.2) is 6.61 Å². The van der Waals surface area contributed by atoms with Crippen LogP contribution in [0.15, 0.2) is 0 Å². The molecule has 0 radical (unpaired) electrons. The van der Waals surface area contributed by atoms with Gasteiger partial charge in [0.05, 0.1) is 22.7 Å². The molecule has 2 heterocycles. The lowest BCUT2D eigenvalue weighted by Crippen LogP contribution is -2.22. The minimum atomic E-state index is -0.695. The normalized spacial score (nSPS) is 10.3. The lowest BCUT2D eigenvalue weighted by molar-refractivity contribution is -0.119. The van der Waals surface area contributed by atoms with E-state index in [0.29, 0.717) is 16.3 Å². The molecule has 2 aromatic rings. The molecule has 0 bridgehead atoms. The van der Waals surface area contributed by atoms with E-state index in [2.05, 4.69) is 20.3 Å². The Morgan fingerprint density at radius 2 is 1.67 bits per heavy atom. The lowest BCUT2D eigenvalue weighted by Gasteiger charge is -2.08. The highest BCUT2D eigenvalue weighted by Crippen LogP contribution is 2.34. The van der Waals surface area contributed by atoms with Gasteiger partial charge in [-0.3, -0.25) is 9.59 Å². The number of rotatable bonds is 8. The van der Waals surface area contributed by atoms with E-state index in [4.69, 9.17) is 9.47 Å². The number of nitrogens with zero attached hydrogens (tertiary/aromatic N) is 1. The van der Waals surface area contributed by atoms with E-state index < -0.39 is 30.4 Å². The van der Waals surface area contributed by atoms with E-state index in [1.807, 2.05) is 0 Å². The number of hydrogen-bond acceptors (Lipinski definition) is 10. The van der Waals surface area contributed by atoms with Crippen molar-refractivity contribution >= 4 is 56.6 Å². The number of aromatic nitrogens is 1. The van der Waals surface area contributed by atoms with Gasteiger partial charge in [-0.25, -0.2) is 9.59 Å². The molecule has 2 aromatic heterocycles. The zero-order valence-electron chi connectivity index (χ0n) is 17.1. The summed E-state index contributed by atoms with van der Waals surface area (Å²) >= 11 is 2.05. The topological polar surface area (TPSA) is 136 Å². The number of amides is 2. The minimum Gasteiger partial charge on any atom is -0.462 e. The van der Waals surface area contributed by atoms with Crippen LogP contribution in [0.2, 0.25) is 0 Å². The third-order valence-electron chi connectivity index (χ3n) is 3.94. The molecule has 3 N–H and O–H groups in total. The number of esters is 2. The number of aryl methyl sites for hydroxylation is 1. The summed E-state index contributed by atoms with van der Waals surface area (Å²) in [4.78, 5) is 49.3. The van der Waals surface area contributed by atoms with Gasteiger partial charge in [0.1, 0.15) is 15.6 Å². The first-order valence-corrected chi connectivity index (χ1v) is 10.5. The van der Waals surface area contributed by atoms with Crippen molar-refractivity contribution in [1.29, 1.82) is 0 Å². The van der Waals surface area contributed by atoms with Crippen LogP contribution in [0.4, 0.5) is 10.0 Å². The van der Waals surface area contributed by atoms with Crippen molar-refractivity contribution in [1.82, 2.24) is 9.69 Å². The van der Waals surface area contributed by atoms with Crippen LogP contribution in [0.1, 0.15) is 48.6 Å². The van der Waals surface area contributed by atoms with Gasteiger partial charge in [-0.15, -0.1) is 11.3 Å². The molecular weight excluding hydrogens is 432 g/mol. The number of nitrogens with one attached hydrogen (secondary N) is 3. The fourth-order valence-corrected chi connectivity index (χ4v) is 4.42. The maximum atomic E-state index is 12.4. The number of ether oxygens (including phenoxy) is 2. The molecule has 10 nitrogen and oxygen atoms in total. The van der Waals surface area contributed by atoms with Crippen molar-refractivity contribution < 1.29 is 28.7 Å². The summed E-state index contributed by atoms with van der Waals surface area (Å²) in [6, 6.07) is 0. The first-order valence-electron chi connectivity index (χ1n) is 8.88. The molecule has 0 atom stereocenters. The highest BCUT2D eigenvalue weighted by atomic mass is 32.1. The summed E-state index contributed by atoms with van der Waals surface area (Å²) < 4.78 is 14.2. The number of carbonyl (C=O) groups is 4. The summed E-state index contributed by atoms with van der Waals surface area (Å²) in [7, 11) is 3.11. The molecule has 0 spiro atoms. The smallest absolute Gasteiger partial charge is 0.343 e. The molecule has 2 rings (SSSR count). The van der Waals surface area contributed by atoms with Gasteiger partial charge in [0, 0.05) is 14.1 Å². The van der Waals surface area contributed by atoms with Gasteiger partial charge in [0.2, 0.25) is 0 Å². The van der Waals surface area contributed by atoms with Gasteiger partial charge in [-0.1, -0.05) is 0 Å².